The van der Waals surface area contributed by atoms with E-state index in [9.17, 15) is 9.59 Å². The lowest BCUT2D eigenvalue weighted by Gasteiger charge is -2.00. The molecule has 0 unspecified atom stereocenters. The van der Waals surface area contributed by atoms with E-state index in [0.717, 1.165) is 5.39 Å². The molecule has 88 valence electrons. The van der Waals surface area contributed by atoms with E-state index in [-0.39, 0.29) is 5.97 Å². The normalized spacial score (nSPS) is 10.2. The van der Waals surface area contributed by atoms with Gasteiger partial charge in [0.15, 0.2) is 5.75 Å². The predicted octanol–water partition coefficient (Wildman–Crippen LogP) is 1.88. The number of esters is 2. The van der Waals surface area contributed by atoms with Crippen LogP contribution in [0.4, 0.5) is 0 Å². The van der Waals surface area contributed by atoms with Crippen molar-refractivity contribution in [3.05, 3.63) is 30.0 Å². The topological polar surface area (TPSA) is 68.4 Å². The fraction of sp³-hybridized carbons (Fsp3) is 0.167. The summed E-state index contributed by atoms with van der Waals surface area (Å²) < 4.78 is 9.63. The molecule has 0 aliphatic carbocycles. The smallest absolute Gasteiger partial charge is 0.337 e. The number of methoxy groups -OCH3 is 1. The van der Waals surface area contributed by atoms with Crippen LogP contribution in [0.3, 0.4) is 0 Å². The van der Waals surface area contributed by atoms with Crippen molar-refractivity contribution in [3.63, 3.8) is 0 Å². The molecule has 0 bridgehead atoms. The third-order valence-corrected chi connectivity index (χ3v) is 2.32. The fourth-order valence-electron chi connectivity index (χ4n) is 1.58. The van der Waals surface area contributed by atoms with Crippen LogP contribution in [-0.4, -0.2) is 24.0 Å². The Kier molecular flexibility index (Phi) is 2.82. The van der Waals surface area contributed by atoms with Gasteiger partial charge < -0.3 is 14.5 Å². The highest BCUT2D eigenvalue weighted by Gasteiger charge is 2.10. The Morgan fingerprint density at radius 2 is 2.06 bits per heavy atom. The number of fused-ring (bicyclic) bond motifs is 1. The summed E-state index contributed by atoms with van der Waals surface area (Å²) in [5.41, 5.74) is 1.15. The van der Waals surface area contributed by atoms with Gasteiger partial charge in [0.2, 0.25) is 0 Å². The average Bonchev–Trinajstić information content (AvgIpc) is 2.70. The summed E-state index contributed by atoms with van der Waals surface area (Å²) in [4.78, 5) is 25.1. The molecule has 0 aliphatic rings. The Morgan fingerprint density at radius 1 is 1.29 bits per heavy atom. The monoisotopic (exact) mass is 233 g/mol. The first-order chi connectivity index (χ1) is 8.11. The average molecular weight is 233 g/mol. The molecule has 0 saturated carbocycles. The maximum atomic E-state index is 11.3. The molecule has 1 aromatic carbocycles. The first kappa shape index (κ1) is 11.2. The molecule has 1 N–H and O–H groups in total. The number of benzene rings is 1. The van der Waals surface area contributed by atoms with E-state index in [1.54, 1.807) is 24.4 Å². The van der Waals surface area contributed by atoms with Crippen LogP contribution in [0.1, 0.15) is 17.3 Å². The standard InChI is InChI=1S/C12H11NO4/c1-7(14)17-11-6-13-10-5-8(12(15)16-2)3-4-9(10)11/h3-6,13H,1-2H3. The second kappa shape index (κ2) is 4.29. The summed E-state index contributed by atoms with van der Waals surface area (Å²) in [6.45, 7) is 1.33. The van der Waals surface area contributed by atoms with Crippen LogP contribution in [-0.2, 0) is 9.53 Å². The van der Waals surface area contributed by atoms with Gasteiger partial charge in [-0.15, -0.1) is 0 Å². The molecule has 0 aliphatic heterocycles. The van der Waals surface area contributed by atoms with Gasteiger partial charge in [-0.2, -0.15) is 0 Å². The van der Waals surface area contributed by atoms with Crippen molar-refractivity contribution >= 4 is 22.8 Å². The van der Waals surface area contributed by atoms with Crippen molar-refractivity contribution in [2.45, 2.75) is 6.92 Å². The number of aromatic amines is 1. The van der Waals surface area contributed by atoms with Crippen LogP contribution in [0, 0.1) is 0 Å². The minimum Gasteiger partial charge on any atom is -0.465 e. The molecule has 2 aromatic rings. The van der Waals surface area contributed by atoms with Crippen molar-refractivity contribution in [3.8, 4) is 5.75 Å². The number of rotatable bonds is 2. The van der Waals surface area contributed by atoms with Gasteiger partial charge in [-0.05, 0) is 18.2 Å². The van der Waals surface area contributed by atoms with E-state index in [4.69, 9.17) is 4.74 Å². The van der Waals surface area contributed by atoms with Gasteiger partial charge in [0.05, 0.1) is 18.2 Å². The molecular weight excluding hydrogens is 222 g/mol. The van der Waals surface area contributed by atoms with Crippen molar-refractivity contribution in [2.75, 3.05) is 7.11 Å². The minimum atomic E-state index is -0.407. The van der Waals surface area contributed by atoms with Crippen molar-refractivity contribution in [1.29, 1.82) is 0 Å². The number of H-pyrrole nitrogens is 1. The Bertz CT molecular complexity index is 585. The zero-order valence-corrected chi connectivity index (χ0v) is 9.44. The molecule has 17 heavy (non-hydrogen) atoms. The van der Waals surface area contributed by atoms with Gasteiger partial charge in [-0.25, -0.2) is 4.79 Å². The summed E-state index contributed by atoms with van der Waals surface area (Å²) in [7, 11) is 1.32. The highest BCUT2D eigenvalue weighted by atomic mass is 16.5. The van der Waals surface area contributed by atoms with Gasteiger partial charge in [-0.3, -0.25) is 4.79 Å². The van der Waals surface area contributed by atoms with Crippen LogP contribution in [0.25, 0.3) is 10.9 Å². The predicted molar refractivity (Wildman–Crippen MR) is 60.9 cm³/mol. The Balaban J connectivity index is 2.44. The maximum Gasteiger partial charge on any atom is 0.337 e. The Hall–Kier alpha value is -2.30. The van der Waals surface area contributed by atoms with Crippen molar-refractivity contribution < 1.29 is 19.1 Å². The first-order valence-corrected chi connectivity index (χ1v) is 4.99. The van der Waals surface area contributed by atoms with Crippen LogP contribution >= 0.6 is 0 Å². The van der Waals surface area contributed by atoms with Crippen LogP contribution < -0.4 is 4.74 Å². The number of nitrogens with one attached hydrogen (secondary N) is 1. The van der Waals surface area contributed by atoms with E-state index in [2.05, 4.69) is 9.72 Å². The Labute approximate surface area is 97.3 Å². The zero-order chi connectivity index (χ0) is 12.4. The minimum absolute atomic E-state index is 0.386. The summed E-state index contributed by atoms with van der Waals surface area (Å²) in [5.74, 6) is -0.345. The number of aromatic nitrogens is 1. The lowest BCUT2D eigenvalue weighted by molar-refractivity contribution is -0.131. The molecular formula is C12H11NO4. The molecule has 2 rings (SSSR count). The van der Waals surface area contributed by atoms with Gasteiger partial charge >= 0.3 is 11.9 Å². The van der Waals surface area contributed by atoms with E-state index in [1.165, 1.54) is 14.0 Å². The van der Waals surface area contributed by atoms with E-state index < -0.39 is 5.97 Å². The highest BCUT2D eigenvalue weighted by Crippen LogP contribution is 2.26. The molecule has 1 aromatic heterocycles. The molecule has 5 nitrogen and oxygen atoms in total. The number of carbonyl (C=O) groups is 2. The quantitative estimate of drug-likeness (QED) is 0.804. The molecule has 0 amide bonds. The number of hydrogen-bond acceptors (Lipinski definition) is 4. The van der Waals surface area contributed by atoms with Gasteiger partial charge in [-0.1, -0.05) is 0 Å². The molecule has 0 spiro atoms. The lowest BCUT2D eigenvalue weighted by Crippen LogP contribution is -2.01. The lowest BCUT2D eigenvalue weighted by atomic mass is 10.1. The number of carbonyl (C=O) groups excluding carboxylic acids is 2. The molecule has 0 fully saturated rings. The summed E-state index contributed by atoms with van der Waals surface area (Å²) in [5, 5.41) is 0.743. The number of hydrogen-bond donors (Lipinski definition) is 1. The maximum absolute atomic E-state index is 11.3. The van der Waals surface area contributed by atoms with Gasteiger partial charge in [0.1, 0.15) is 0 Å². The highest BCUT2D eigenvalue weighted by molar-refractivity contribution is 5.96. The molecule has 5 heteroatoms. The third kappa shape index (κ3) is 2.13. The van der Waals surface area contributed by atoms with E-state index in [0.29, 0.717) is 16.8 Å². The van der Waals surface area contributed by atoms with E-state index >= 15 is 0 Å². The SMILES string of the molecule is COC(=O)c1ccc2c(OC(C)=O)c[nH]c2c1. The van der Waals surface area contributed by atoms with Crippen molar-refractivity contribution in [2.24, 2.45) is 0 Å². The van der Waals surface area contributed by atoms with Crippen LogP contribution in [0.2, 0.25) is 0 Å². The van der Waals surface area contributed by atoms with Crippen LogP contribution in [0.5, 0.6) is 5.75 Å². The van der Waals surface area contributed by atoms with Gasteiger partial charge in [0.25, 0.3) is 0 Å². The summed E-state index contributed by atoms with van der Waals surface area (Å²) in [6.07, 6.45) is 1.58. The van der Waals surface area contributed by atoms with Crippen molar-refractivity contribution in [1.82, 2.24) is 4.98 Å². The first-order valence-electron chi connectivity index (χ1n) is 4.99. The van der Waals surface area contributed by atoms with Crippen LogP contribution in [0.15, 0.2) is 24.4 Å². The summed E-state index contributed by atoms with van der Waals surface area (Å²) in [6, 6.07) is 4.97. The zero-order valence-electron chi connectivity index (χ0n) is 9.44. The number of ether oxygens (including phenoxy) is 2. The molecule has 0 atom stereocenters. The fourth-order valence-corrected chi connectivity index (χ4v) is 1.58. The largest absolute Gasteiger partial charge is 0.465 e. The van der Waals surface area contributed by atoms with E-state index in [1.807, 2.05) is 0 Å². The third-order valence-electron chi connectivity index (χ3n) is 2.32. The molecule has 0 saturated heterocycles. The summed E-state index contributed by atoms with van der Waals surface area (Å²) >= 11 is 0. The second-order valence-electron chi connectivity index (χ2n) is 3.50. The van der Waals surface area contributed by atoms with Gasteiger partial charge in [0, 0.05) is 18.5 Å². The molecule has 1 heterocycles. The molecule has 0 radical (unpaired) electrons. The second-order valence-corrected chi connectivity index (χ2v) is 3.50. The Morgan fingerprint density at radius 3 is 2.71 bits per heavy atom.